The summed E-state index contributed by atoms with van der Waals surface area (Å²) in [5.74, 6) is -0.275. The topological polar surface area (TPSA) is 94.3 Å². The molecule has 2 aromatic carbocycles. The number of rotatable bonds is 8. The lowest BCUT2D eigenvalue weighted by Gasteiger charge is -2.08. The van der Waals surface area contributed by atoms with Crippen molar-refractivity contribution in [3.8, 4) is 0 Å². The molecule has 0 fully saturated rings. The number of hydrogen-bond acceptors (Lipinski definition) is 7. The van der Waals surface area contributed by atoms with E-state index in [4.69, 9.17) is 20.8 Å². The van der Waals surface area contributed by atoms with Crippen molar-refractivity contribution < 1.29 is 18.7 Å². The van der Waals surface area contributed by atoms with Crippen molar-refractivity contribution in [1.82, 2.24) is 10.2 Å². The number of halogens is 1. The fraction of sp³-hybridized carbons (Fsp3) is 0.200. The summed E-state index contributed by atoms with van der Waals surface area (Å²) in [7, 11) is 0. The van der Waals surface area contributed by atoms with E-state index in [-0.39, 0.29) is 18.3 Å². The van der Waals surface area contributed by atoms with E-state index in [1.165, 1.54) is 18.2 Å². The first-order valence-corrected chi connectivity index (χ1v) is 10.2. The number of aromatic nitrogens is 2. The van der Waals surface area contributed by atoms with Crippen molar-refractivity contribution in [3.63, 3.8) is 0 Å². The largest absolute Gasteiger partial charge is 0.462 e. The normalized spacial score (nSPS) is 10.6. The molecule has 150 valence electrons. The van der Waals surface area contributed by atoms with E-state index in [2.05, 4.69) is 15.5 Å². The molecule has 0 bridgehead atoms. The van der Waals surface area contributed by atoms with Gasteiger partial charge in [0.1, 0.15) is 0 Å². The van der Waals surface area contributed by atoms with Crippen LogP contribution in [0.25, 0.3) is 0 Å². The number of benzene rings is 2. The van der Waals surface area contributed by atoms with Gasteiger partial charge in [-0.05, 0) is 30.7 Å². The highest BCUT2D eigenvalue weighted by atomic mass is 35.5. The number of carbonyl (C=O) groups excluding carboxylic acids is 2. The van der Waals surface area contributed by atoms with E-state index in [1.54, 1.807) is 6.92 Å². The molecule has 3 aromatic rings. The number of nitrogens with one attached hydrogen (secondary N) is 1. The zero-order valence-electron chi connectivity index (χ0n) is 15.6. The monoisotopic (exact) mass is 431 g/mol. The third-order valence-corrected chi connectivity index (χ3v) is 4.87. The fourth-order valence-corrected chi connectivity index (χ4v) is 3.16. The lowest BCUT2D eigenvalue weighted by atomic mass is 10.2. The molecular weight excluding hydrogens is 414 g/mol. The summed E-state index contributed by atoms with van der Waals surface area (Å²) in [6, 6.07) is 14.3. The Bertz CT molecular complexity index is 994. The minimum Gasteiger partial charge on any atom is -0.462 e. The van der Waals surface area contributed by atoms with Crippen LogP contribution in [0.4, 0.5) is 5.69 Å². The lowest BCUT2D eigenvalue weighted by Crippen LogP contribution is -2.15. The van der Waals surface area contributed by atoms with Crippen molar-refractivity contribution >= 4 is 40.9 Å². The van der Waals surface area contributed by atoms with Gasteiger partial charge in [0.05, 0.1) is 35.1 Å². The van der Waals surface area contributed by atoms with Crippen LogP contribution in [-0.4, -0.2) is 34.4 Å². The van der Waals surface area contributed by atoms with Crippen LogP contribution in [0.1, 0.15) is 28.7 Å². The standard InChI is InChI=1S/C20H18ClN3O4S/c1-2-27-19(26)14-8-9-15(21)16(11-14)22-17(25)12-29-20-24-23-18(28-20)10-13-6-4-3-5-7-13/h3-9,11H,2,10,12H2,1H3,(H,22,25). The zero-order valence-corrected chi connectivity index (χ0v) is 17.1. The van der Waals surface area contributed by atoms with Gasteiger partial charge in [-0.15, -0.1) is 10.2 Å². The molecule has 1 heterocycles. The Morgan fingerprint density at radius 3 is 2.72 bits per heavy atom. The number of anilines is 1. The van der Waals surface area contributed by atoms with Crippen molar-refractivity contribution in [2.45, 2.75) is 18.6 Å². The number of ether oxygens (including phenoxy) is 1. The van der Waals surface area contributed by atoms with Gasteiger partial charge in [0.2, 0.25) is 11.8 Å². The SMILES string of the molecule is CCOC(=O)c1ccc(Cl)c(NC(=O)CSc2nnc(Cc3ccccc3)o2)c1. The van der Waals surface area contributed by atoms with E-state index in [9.17, 15) is 9.59 Å². The number of esters is 1. The van der Waals surface area contributed by atoms with Gasteiger partial charge in [-0.2, -0.15) is 0 Å². The molecule has 0 aliphatic rings. The van der Waals surface area contributed by atoms with Gasteiger partial charge in [0.15, 0.2) is 0 Å². The zero-order chi connectivity index (χ0) is 20.6. The van der Waals surface area contributed by atoms with Crippen LogP contribution in [0.15, 0.2) is 58.2 Å². The van der Waals surface area contributed by atoms with Crippen molar-refractivity contribution in [2.24, 2.45) is 0 Å². The first-order valence-electron chi connectivity index (χ1n) is 8.80. The smallest absolute Gasteiger partial charge is 0.338 e. The Morgan fingerprint density at radius 1 is 1.17 bits per heavy atom. The molecule has 0 saturated carbocycles. The number of amides is 1. The summed E-state index contributed by atoms with van der Waals surface area (Å²) in [5.41, 5.74) is 1.70. The van der Waals surface area contributed by atoms with Gasteiger partial charge in [-0.25, -0.2) is 4.79 Å². The predicted octanol–water partition coefficient (Wildman–Crippen LogP) is 4.22. The molecule has 1 N–H and O–H groups in total. The van der Waals surface area contributed by atoms with Gasteiger partial charge in [0, 0.05) is 0 Å². The second kappa shape index (κ2) is 10.1. The summed E-state index contributed by atoms with van der Waals surface area (Å²) >= 11 is 7.22. The van der Waals surface area contributed by atoms with Gasteiger partial charge < -0.3 is 14.5 Å². The molecule has 1 aromatic heterocycles. The number of carbonyl (C=O) groups is 2. The summed E-state index contributed by atoms with van der Waals surface area (Å²) < 4.78 is 10.5. The van der Waals surface area contributed by atoms with Gasteiger partial charge in [0.25, 0.3) is 5.22 Å². The third-order valence-electron chi connectivity index (χ3n) is 3.72. The van der Waals surface area contributed by atoms with Crippen molar-refractivity contribution in [2.75, 3.05) is 17.7 Å². The van der Waals surface area contributed by atoms with Crippen LogP contribution in [-0.2, 0) is 16.0 Å². The Morgan fingerprint density at radius 2 is 1.97 bits per heavy atom. The highest BCUT2D eigenvalue weighted by Crippen LogP contribution is 2.24. The van der Waals surface area contributed by atoms with E-state index in [0.717, 1.165) is 17.3 Å². The summed E-state index contributed by atoms with van der Waals surface area (Å²) in [5, 5.41) is 11.2. The lowest BCUT2D eigenvalue weighted by molar-refractivity contribution is -0.113. The van der Waals surface area contributed by atoms with Crippen LogP contribution in [0.2, 0.25) is 5.02 Å². The summed E-state index contributed by atoms with van der Waals surface area (Å²) in [6.45, 7) is 1.98. The minimum atomic E-state index is -0.481. The number of hydrogen-bond donors (Lipinski definition) is 1. The van der Waals surface area contributed by atoms with Gasteiger partial charge in [-0.1, -0.05) is 53.7 Å². The average molecular weight is 432 g/mol. The molecule has 1 amide bonds. The highest BCUT2D eigenvalue weighted by molar-refractivity contribution is 7.99. The maximum atomic E-state index is 12.2. The molecule has 0 spiro atoms. The second-order valence-electron chi connectivity index (χ2n) is 5.88. The molecule has 0 atom stereocenters. The Balaban J connectivity index is 1.55. The maximum Gasteiger partial charge on any atom is 0.338 e. The molecule has 0 radical (unpaired) electrons. The van der Waals surface area contributed by atoms with E-state index in [1.807, 2.05) is 30.3 Å². The Hall–Kier alpha value is -2.84. The summed E-state index contributed by atoms with van der Waals surface area (Å²) in [6.07, 6.45) is 0.525. The minimum absolute atomic E-state index is 0.0485. The van der Waals surface area contributed by atoms with E-state index in [0.29, 0.717) is 33.8 Å². The number of thioether (sulfide) groups is 1. The van der Waals surface area contributed by atoms with Gasteiger partial charge >= 0.3 is 5.97 Å². The molecule has 0 aliphatic carbocycles. The molecular formula is C20H18ClN3O4S. The van der Waals surface area contributed by atoms with Crippen LogP contribution >= 0.6 is 23.4 Å². The molecule has 0 unspecified atom stereocenters. The second-order valence-corrected chi connectivity index (χ2v) is 7.21. The number of nitrogens with zero attached hydrogens (tertiary/aromatic N) is 2. The average Bonchev–Trinajstić information content (AvgIpc) is 3.16. The quantitative estimate of drug-likeness (QED) is 0.421. The molecule has 29 heavy (non-hydrogen) atoms. The third kappa shape index (κ3) is 6.07. The van der Waals surface area contributed by atoms with Crippen LogP contribution < -0.4 is 5.32 Å². The van der Waals surface area contributed by atoms with E-state index < -0.39 is 5.97 Å². The van der Waals surface area contributed by atoms with Crippen LogP contribution in [0, 0.1) is 0 Å². The van der Waals surface area contributed by atoms with E-state index >= 15 is 0 Å². The fourth-order valence-electron chi connectivity index (χ4n) is 2.41. The maximum absolute atomic E-state index is 12.2. The van der Waals surface area contributed by atoms with Gasteiger partial charge in [-0.3, -0.25) is 4.79 Å². The highest BCUT2D eigenvalue weighted by Gasteiger charge is 2.14. The Kier molecular flexibility index (Phi) is 7.26. The first-order chi connectivity index (χ1) is 14.0. The molecule has 0 aliphatic heterocycles. The van der Waals surface area contributed by atoms with Crippen LogP contribution in [0.3, 0.4) is 0 Å². The molecule has 3 rings (SSSR count). The van der Waals surface area contributed by atoms with Crippen molar-refractivity contribution in [1.29, 1.82) is 0 Å². The summed E-state index contributed by atoms with van der Waals surface area (Å²) in [4.78, 5) is 24.1. The molecule has 0 saturated heterocycles. The molecule has 9 heteroatoms. The first kappa shape index (κ1) is 20.9. The van der Waals surface area contributed by atoms with Crippen LogP contribution in [0.5, 0.6) is 0 Å². The Labute approximate surface area is 176 Å². The molecule has 7 nitrogen and oxygen atoms in total. The van der Waals surface area contributed by atoms with Crippen molar-refractivity contribution in [3.05, 3.63) is 70.6 Å². The predicted molar refractivity (Wildman–Crippen MR) is 110 cm³/mol.